The van der Waals surface area contributed by atoms with Crippen molar-refractivity contribution in [2.75, 3.05) is 0 Å². The van der Waals surface area contributed by atoms with Crippen LogP contribution in [0.15, 0.2) is 24.5 Å². The normalized spacial score (nSPS) is 10.4. The van der Waals surface area contributed by atoms with Crippen molar-refractivity contribution < 1.29 is 22.3 Å². The smallest absolute Gasteiger partial charge is 0.255 e. The summed E-state index contributed by atoms with van der Waals surface area (Å²) in [6.45, 7) is 0. The molecule has 0 radical (unpaired) electrons. The molecule has 0 aliphatic heterocycles. The number of hydrogen-bond donors (Lipinski definition) is 0. The summed E-state index contributed by atoms with van der Waals surface area (Å²) in [5.74, 6) is -8.20. The molecule has 0 unspecified atom stereocenters. The van der Waals surface area contributed by atoms with Gasteiger partial charge in [0.25, 0.3) is 11.9 Å². The van der Waals surface area contributed by atoms with Crippen molar-refractivity contribution in [2.45, 2.75) is 0 Å². The second kappa shape index (κ2) is 4.36. The van der Waals surface area contributed by atoms with Gasteiger partial charge in [-0.15, -0.1) is 0 Å². The van der Waals surface area contributed by atoms with Crippen LogP contribution in [0.2, 0.25) is 0 Å². The van der Waals surface area contributed by atoms with Gasteiger partial charge >= 0.3 is 0 Å². The maximum atomic E-state index is 13.1. The van der Waals surface area contributed by atoms with Crippen LogP contribution < -0.4 is 4.74 Å². The minimum atomic E-state index is -1.78. The van der Waals surface area contributed by atoms with Gasteiger partial charge in [0.15, 0.2) is 0 Å². The molecule has 0 N–H and O–H groups in total. The fourth-order valence-corrected chi connectivity index (χ4v) is 1.08. The first-order valence-electron chi connectivity index (χ1n) is 4.37. The summed E-state index contributed by atoms with van der Waals surface area (Å²) in [6.07, 6.45) is 2.53. The van der Waals surface area contributed by atoms with E-state index in [9.17, 15) is 17.6 Å². The summed E-state index contributed by atoms with van der Waals surface area (Å²) < 4.78 is 56.4. The molecule has 0 amide bonds. The summed E-state index contributed by atoms with van der Waals surface area (Å²) >= 11 is 0. The fourth-order valence-electron chi connectivity index (χ4n) is 1.08. The number of aromatic nitrogens is 2. The quantitative estimate of drug-likeness (QED) is 0.601. The third-order valence-electron chi connectivity index (χ3n) is 1.81. The molecule has 0 atom stereocenters. The van der Waals surface area contributed by atoms with E-state index in [4.69, 9.17) is 0 Å². The second-order valence-corrected chi connectivity index (χ2v) is 2.94. The number of hydrogen-bond acceptors (Lipinski definition) is 3. The molecule has 0 saturated heterocycles. The summed E-state index contributed by atoms with van der Waals surface area (Å²) in [4.78, 5) is 6.01. The molecular formula is C10H4F4N2O. The van der Waals surface area contributed by atoms with Crippen LogP contribution in [0, 0.1) is 23.5 Å². The molecular weight excluding hydrogens is 240 g/mol. The van der Waals surface area contributed by atoms with E-state index in [1.165, 1.54) is 18.3 Å². The molecule has 0 aliphatic rings. The Morgan fingerprint density at radius 3 is 2.18 bits per heavy atom. The topological polar surface area (TPSA) is 35.0 Å². The third-order valence-corrected chi connectivity index (χ3v) is 1.81. The summed E-state index contributed by atoms with van der Waals surface area (Å²) in [5, 5.41) is 0. The van der Waals surface area contributed by atoms with E-state index in [0.29, 0.717) is 0 Å². The number of pyridine rings is 2. The van der Waals surface area contributed by atoms with Gasteiger partial charge in [-0.1, -0.05) is 0 Å². The summed E-state index contributed by atoms with van der Waals surface area (Å²) in [6, 6.07) is 2.75. The van der Waals surface area contributed by atoms with Crippen LogP contribution in [0.3, 0.4) is 0 Å². The van der Waals surface area contributed by atoms with Crippen LogP contribution in [0.25, 0.3) is 0 Å². The first kappa shape index (κ1) is 11.3. The highest BCUT2D eigenvalue weighted by atomic mass is 19.2. The first-order chi connectivity index (χ1) is 8.09. The van der Waals surface area contributed by atoms with Gasteiger partial charge in [-0.3, -0.25) is 4.98 Å². The standard InChI is InChI=1S/C10H4F4N2O/c11-6-8(7(12)10(14)16-9(6)13)17-5-2-1-3-15-4-5/h1-4H. The Kier molecular flexibility index (Phi) is 2.90. The number of rotatable bonds is 2. The Balaban J connectivity index is 2.46. The average molecular weight is 244 g/mol. The zero-order valence-corrected chi connectivity index (χ0v) is 8.12. The van der Waals surface area contributed by atoms with Gasteiger partial charge in [-0.2, -0.15) is 22.5 Å². The summed E-state index contributed by atoms with van der Waals surface area (Å²) in [7, 11) is 0. The Hall–Kier alpha value is -2.18. The van der Waals surface area contributed by atoms with E-state index < -0.39 is 29.3 Å². The minimum absolute atomic E-state index is 0.0599. The molecule has 0 saturated carbocycles. The molecule has 2 aromatic rings. The van der Waals surface area contributed by atoms with Crippen LogP contribution in [0.1, 0.15) is 0 Å². The molecule has 0 fully saturated rings. The molecule has 2 heterocycles. The molecule has 88 valence electrons. The molecule has 2 rings (SSSR count). The average Bonchev–Trinajstić information content (AvgIpc) is 2.33. The Labute approximate surface area is 92.7 Å². The molecule has 2 aromatic heterocycles. The first-order valence-corrected chi connectivity index (χ1v) is 4.37. The highest BCUT2D eigenvalue weighted by Crippen LogP contribution is 2.28. The van der Waals surface area contributed by atoms with E-state index in [2.05, 4.69) is 14.7 Å². The van der Waals surface area contributed by atoms with Crippen LogP contribution in [0.4, 0.5) is 17.6 Å². The van der Waals surface area contributed by atoms with Gasteiger partial charge in [0.1, 0.15) is 5.75 Å². The number of ether oxygens (including phenoxy) is 1. The Morgan fingerprint density at radius 2 is 1.65 bits per heavy atom. The van der Waals surface area contributed by atoms with Crippen molar-refractivity contribution in [1.82, 2.24) is 9.97 Å². The molecule has 0 aromatic carbocycles. The van der Waals surface area contributed by atoms with Gasteiger partial charge in [-0.05, 0) is 12.1 Å². The van der Waals surface area contributed by atoms with Crippen molar-refractivity contribution in [3.63, 3.8) is 0 Å². The fraction of sp³-hybridized carbons (Fsp3) is 0. The maximum Gasteiger partial charge on any atom is 0.255 e. The lowest BCUT2D eigenvalue weighted by Gasteiger charge is -2.07. The monoisotopic (exact) mass is 244 g/mol. The highest BCUT2D eigenvalue weighted by Gasteiger charge is 2.22. The molecule has 0 aliphatic carbocycles. The van der Waals surface area contributed by atoms with Crippen molar-refractivity contribution in [3.05, 3.63) is 48.1 Å². The molecule has 17 heavy (non-hydrogen) atoms. The SMILES string of the molecule is Fc1nc(F)c(F)c(Oc2cccnc2)c1F. The lowest BCUT2D eigenvalue weighted by molar-refractivity contribution is 0.342. The number of halogens is 4. The Morgan fingerprint density at radius 1 is 1.00 bits per heavy atom. The van der Waals surface area contributed by atoms with E-state index in [0.717, 1.165) is 6.20 Å². The van der Waals surface area contributed by atoms with Crippen LogP contribution in [-0.2, 0) is 0 Å². The lowest BCUT2D eigenvalue weighted by Crippen LogP contribution is -2.03. The van der Waals surface area contributed by atoms with Gasteiger partial charge in [0, 0.05) is 6.20 Å². The van der Waals surface area contributed by atoms with Crippen molar-refractivity contribution in [2.24, 2.45) is 0 Å². The van der Waals surface area contributed by atoms with Gasteiger partial charge in [0.05, 0.1) is 6.20 Å². The van der Waals surface area contributed by atoms with Crippen molar-refractivity contribution in [1.29, 1.82) is 0 Å². The maximum absolute atomic E-state index is 13.1. The number of nitrogens with zero attached hydrogens (tertiary/aromatic N) is 2. The Bertz CT molecular complexity index is 521. The predicted octanol–water partition coefficient (Wildman–Crippen LogP) is 2.83. The molecule has 0 spiro atoms. The molecule has 0 bridgehead atoms. The van der Waals surface area contributed by atoms with Gasteiger partial charge in [0.2, 0.25) is 17.4 Å². The zero-order valence-electron chi connectivity index (χ0n) is 8.12. The molecule has 3 nitrogen and oxygen atoms in total. The lowest BCUT2D eigenvalue weighted by atomic mass is 10.4. The highest BCUT2D eigenvalue weighted by molar-refractivity contribution is 5.30. The van der Waals surface area contributed by atoms with E-state index in [1.54, 1.807) is 0 Å². The van der Waals surface area contributed by atoms with Gasteiger partial charge in [-0.25, -0.2) is 0 Å². The zero-order chi connectivity index (χ0) is 12.4. The summed E-state index contributed by atoms with van der Waals surface area (Å²) in [5.41, 5.74) is 0. The van der Waals surface area contributed by atoms with Crippen molar-refractivity contribution >= 4 is 0 Å². The van der Waals surface area contributed by atoms with Crippen molar-refractivity contribution in [3.8, 4) is 11.5 Å². The van der Waals surface area contributed by atoms with Gasteiger partial charge < -0.3 is 4.74 Å². The second-order valence-electron chi connectivity index (χ2n) is 2.94. The van der Waals surface area contributed by atoms with E-state index >= 15 is 0 Å². The largest absolute Gasteiger partial charge is 0.449 e. The van der Waals surface area contributed by atoms with Crippen LogP contribution in [-0.4, -0.2) is 9.97 Å². The van der Waals surface area contributed by atoms with E-state index in [1.807, 2.05) is 0 Å². The van der Waals surface area contributed by atoms with E-state index in [-0.39, 0.29) is 5.75 Å². The third kappa shape index (κ3) is 2.17. The predicted molar refractivity (Wildman–Crippen MR) is 48.4 cm³/mol. The van der Waals surface area contributed by atoms with Crippen LogP contribution >= 0.6 is 0 Å². The van der Waals surface area contributed by atoms with Crippen LogP contribution in [0.5, 0.6) is 11.5 Å². The minimum Gasteiger partial charge on any atom is -0.449 e. The molecule has 7 heteroatoms.